The molecule has 1 nitrogen and oxygen atoms in total. The van der Waals surface area contributed by atoms with Gasteiger partial charge in [0.25, 0.3) is 0 Å². The summed E-state index contributed by atoms with van der Waals surface area (Å²) >= 11 is 1.71. The summed E-state index contributed by atoms with van der Waals surface area (Å²) in [5.41, 5.74) is 4.02. The van der Waals surface area contributed by atoms with E-state index in [0.717, 1.165) is 28.7 Å². The van der Waals surface area contributed by atoms with Crippen LogP contribution in [0.3, 0.4) is 0 Å². The fourth-order valence-electron chi connectivity index (χ4n) is 2.31. The van der Waals surface area contributed by atoms with Gasteiger partial charge in [0.15, 0.2) is 5.78 Å². The molecular formula is C15H12OS. The van der Waals surface area contributed by atoms with Gasteiger partial charge in [-0.15, -0.1) is 11.8 Å². The van der Waals surface area contributed by atoms with Gasteiger partial charge in [0, 0.05) is 16.0 Å². The van der Waals surface area contributed by atoms with Gasteiger partial charge in [-0.05, 0) is 42.0 Å². The minimum Gasteiger partial charge on any atom is -0.289 e. The zero-order valence-corrected chi connectivity index (χ0v) is 10.4. The summed E-state index contributed by atoms with van der Waals surface area (Å²) in [6.45, 7) is 0. The molecule has 0 aromatic heterocycles. The summed E-state index contributed by atoms with van der Waals surface area (Å²) in [7, 11) is 0. The Morgan fingerprint density at radius 2 is 1.76 bits per heavy atom. The van der Waals surface area contributed by atoms with Gasteiger partial charge < -0.3 is 0 Å². The van der Waals surface area contributed by atoms with E-state index < -0.39 is 0 Å². The van der Waals surface area contributed by atoms with E-state index in [1.165, 1.54) is 4.90 Å². The Balaban J connectivity index is 2.16. The molecule has 0 heterocycles. The Hall–Kier alpha value is -1.54. The van der Waals surface area contributed by atoms with Crippen LogP contribution in [0.1, 0.15) is 27.0 Å². The van der Waals surface area contributed by atoms with Crippen molar-refractivity contribution in [3.05, 3.63) is 64.7 Å². The van der Waals surface area contributed by atoms with E-state index in [9.17, 15) is 4.79 Å². The number of thioether (sulfide) groups is 1. The van der Waals surface area contributed by atoms with E-state index in [2.05, 4.69) is 12.3 Å². The van der Waals surface area contributed by atoms with E-state index in [0.29, 0.717) is 0 Å². The molecule has 0 aliphatic heterocycles. The SMILES string of the molecule is CSc1ccc2c(c1)Cc1ccccc1C2=O. The van der Waals surface area contributed by atoms with Gasteiger partial charge in [0.05, 0.1) is 0 Å². The molecule has 3 rings (SSSR count). The Morgan fingerprint density at radius 1 is 1.00 bits per heavy atom. The van der Waals surface area contributed by atoms with Crippen LogP contribution in [0.15, 0.2) is 47.4 Å². The fraction of sp³-hybridized carbons (Fsp3) is 0.133. The van der Waals surface area contributed by atoms with E-state index in [1.807, 2.05) is 36.4 Å². The molecule has 1 aliphatic carbocycles. The smallest absolute Gasteiger partial charge is 0.193 e. The van der Waals surface area contributed by atoms with Crippen molar-refractivity contribution in [1.82, 2.24) is 0 Å². The minimum absolute atomic E-state index is 0.162. The average Bonchev–Trinajstić information content (AvgIpc) is 2.38. The molecular weight excluding hydrogens is 228 g/mol. The van der Waals surface area contributed by atoms with Crippen molar-refractivity contribution in [2.75, 3.05) is 6.26 Å². The zero-order chi connectivity index (χ0) is 11.8. The second kappa shape index (κ2) is 4.04. The molecule has 17 heavy (non-hydrogen) atoms. The number of ketones is 1. The van der Waals surface area contributed by atoms with Crippen molar-refractivity contribution in [2.45, 2.75) is 11.3 Å². The molecule has 1 aliphatic rings. The van der Waals surface area contributed by atoms with Crippen LogP contribution in [-0.2, 0) is 6.42 Å². The van der Waals surface area contributed by atoms with Gasteiger partial charge in [-0.2, -0.15) is 0 Å². The molecule has 0 radical (unpaired) electrons. The maximum Gasteiger partial charge on any atom is 0.193 e. The molecule has 2 aromatic carbocycles. The Labute approximate surface area is 105 Å². The molecule has 0 spiro atoms. The molecule has 0 fully saturated rings. The first-order valence-corrected chi connectivity index (χ1v) is 6.81. The van der Waals surface area contributed by atoms with E-state index >= 15 is 0 Å². The van der Waals surface area contributed by atoms with Crippen LogP contribution in [0.25, 0.3) is 0 Å². The van der Waals surface area contributed by atoms with Gasteiger partial charge in [0.2, 0.25) is 0 Å². The number of hydrogen-bond acceptors (Lipinski definition) is 2. The van der Waals surface area contributed by atoms with Crippen LogP contribution in [0.4, 0.5) is 0 Å². The second-order valence-electron chi connectivity index (χ2n) is 4.19. The lowest BCUT2D eigenvalue weighted by molar-refractivity contribution is 0.103. The lowest BCUT2D eigenvalue weighted by Crippen LogP contribution is -2.14. The van der Waals surface area contributed by atoms with Crippen LogP contribution in [0.5, 0.6) is 0 Å². The number of hydrogen-bond donors (Lipinski definition) is 0. The highest BCUT2D eigenvalue weighted by Crippen LogP contribution is 2.29. The van der Waals surface area contributed by atoms with Crippen LogP contribution in [0, 0.1) is 0 Å². The van der Waals surface area contributed by atoms with E-state index in [4.69, 9.17) is 0 Å². The third-order valence-corrected chi connectivity index (χ3v) is 3.93. The predicted molar refractivity (Wildman–Crippen MR) is 70.9 cm³/mol. The normalized spacial score (nSPS) is 13.1. The molecule has 84 valence electrons. The number of fused-ring (bicyclic) bond motifs is 2. The summed E-state index contributed by atoms with van der Waals surface area (Å²) in [6.07, 6.45) is 2.92. The molecule has 2 aromatic rings. The first kappa shape index (κ1) is 10.6. The van der Waals surface area contributed by atoms with Gasteiger partial charge in [0.1, 0.15) is 0 Å². The largest absolute Gasteiger partial charge is 0.289 e. The maximum absolute atomic E-state index is 12.3. The van der Waals surface area contributed by atoms with Crippen molar-refractivity contribution in [1.29, 1.82) is 0 Å². The summed E-state index contributed by atoms with van der Waals surface area (Å²) < 4.78 is 0. The molecule has 0 bridgehead atoms. The zero-order valence-electron chi connectivity index (χ0n) is 9.57. The summed E-state index contributed by atoms with van der Waals surface area (Å²) in [4.78, 5) is 13.5. The van der Waals surface area contributed by atoms with Crippen molar-refractivity contribution >= 4 is 17.5 Å². The second-order valence-corrected chi connectivity index (χ2v) is 5.07. The van der Waals surface area contributed by atoms with Crippen molar-refractivity contribution in [3.8, 4) is 0 Å². The molecule has 0 unspecified atom stereocenters. The third-order valence-electron chi connectivity index (χ3n) is 3.20. The van der Waals surface area contributed by atoms with Gasteiger partial charge in [-0.1, -0.05) is 24.3 Å². The van der Waals surface area contributed by atoms with Crippen molar-refractivity contribution in [2.24, 2.45) is 0 Å². The molecule has 0 N–H and O–H groups in total. The fourth-order valence-corrected chi connectivity index (χ4v) is 2.78. The average molecular weight is 240 g/mol. The first-order chi connectivity index (χ1) is 8.29. The maximum atomic E-state index is 12.3. The minimum atomic E-state index is 0.162. The Kier molecular flexibility index (Phi) is 2.52. The van der Waals surface area contributed by atoms with E-state index in [1.54, 1.807) is 11.8 Å². The topological polar surface area (TPSA) is 17.1 Å². The van der Waals surface area contributed by atoms with Crippen molar-refractivity contribution in [3.63, 3.8) is 0 Å². The molecule has 2 heteroatoms. The highest BCUT2D eigenvalue weighted by molar-refractivity contribution is 7.98. The Bertz CT molecular complexity index is 602. The number of rotatable bonds is 1. The quantitative estimate of drug-likeness (QED) is 0.605. The first-order valence-electron chi connectivity index (χ1n) is 5.59. The summed E-state index contributed by atoms with van der Waals surface area (Å²) in [5.74, 6) is 0.162. The van der Waals surface area contributed by atoms with Crippen LogP contribution < -0.4 is 0 Å². The number of carbonyl (C=O) groups excluding carboxylic acids is 1. The lowest BCUT2D eigenvalue weighted by Gasteiger charge is -2.18. The van der Waals surface area contributed by atoms with Gasteiger partial charge in [-0.25, -0.2) is 0 Å². The van der Waals surface area contributed by atoms with Gasteiger partial charge >= 0.3 is 0 Å². The highest BCUT2D eigenvalue weighted by atomic mass is 32.2. The van der Waals surface area contributed by atoms with Crippen LogP contribution >= 0.6 is 11.8 Å². The van der Waals surface area contributed by atoms with E-state index in [-0.39, 0.29) is 5.78 Å². The van der Waals surface area contributed by atoms with Crippen molar-refractivity contribution < 1.29 is 4.79 Å². The standard InChI is InChI=1S/C15H12OS/c1-17-12-6-7-14-11(9-12)8-10-4-2-3-5-13(10)15(14)16/h2-7,9H,8H2,1H3. The van der Waals surface area contributed by atoms with Crippen LogP contribution in [0.2, 0.25) is 0 Å². The highest BCUT2D eigenvalue weighted by Gasteiger charge is 2.22. The number of benzene rings is 2. The third kappa shape index (κ3) is 1.69. The molecule has 0 amide bonds. The predicted octanol–water partition coefficient (Wildman–Crippen LogP) is 3.54. The molecule has 0 atom stereocenters. The summed E-state index contributed by atoms with van der Waals surface area (Å²) in [5, 5.41) is 0. The monoisotopic (exact) mass is 240 g/mol. The van der Waals surface area contributed by atoms with Gasteiger partial charge in [-0.3, -0.25) is 4.79 Å². The Morgan fingerprint density at radius 3 is 2.59 bits per heavy atom. The lowest BCUT2D eigenvalue weighted by atomic mass is 9.85. The van der Waals surface area contributed by atoms with Crippen LogP contribution in [-0.4, -0.2) is 12.0 Å². The summed E-state index contributed by atoms with van der Waals surface area (Å²) in [6, 6.07) is 14.0. The molecule has 0 saturated heterocycles. The number of carbonyl (C=O) groups is 1. The molecule has 0 saturated carbocycles.